The van der Waals surface area contributed by atoms with Crippen LogP contribution in [0.4, 0.5) is 0 Å². The lowest BCUT2D eigenvalue weighted by Crippen LogP contribution is -2.26. The first-order valence-corrected chi connectivity index (χ1v) is 6.67. The molecule has 0 atom stereocenters. The molecule has 2 N–H and O–H groups in total. The molecule has 3 rings (SSSR count). The molecule has 0 saturated heterocycles. The SMILES string of the molecule is O=C(NCCCc1c[nH]c2ccccc12)C1CC1. The van der Waals surface area contributed by atoms with Gasteiger partial charge >= 0.3 is 0 Å². The average molecular weight is 242 g/mol. The first kappa shape index (κ1) is 11.3. The van der Waals surface area contributed by atoms with E-state index in [9.17, 15) is 4.79 Å². The van der Waals surface area contributed by atoms with Gasteiger partial charge in [-0.25, -0.2) is 0 Å². The molecule has 0 radical (unpaired) electrons. The van der Waals surface area contributed by atoms with Crippen molar-refractivity contribution in [2.45, 2.75) is 25.7 Å². The van der Waals surface area contributed by atoms with Crippen LogP contribution in [0.15, 0.2) is 30.5 Å². The Balaban J connectivity index is 1.52. The van der Waals surface area contributed by atoms with Crippen molar-refractivity contribution in [2.24, 2.45) is 5.92 Å². The maximum absolute atomic E-state index is 11.5. The number of aryl methyl sites for hydroxylation is 1. The Morgan fingerprint density at radius 3 is 3.00 bits per heavy atom. The van der Waals surface area contributed by atoms with Crippen LogP contribution in [0.2, 0.25) is 0 Å². The summed E-state index contributed by atoms with van der Waals surface area (Å²) in [6, 6.07) is 8.34. The Morgan fingerprint density at radius 2 is 2.17 bits per heavy atom. The predicted octanol–water partition coefficient (Wildman–Crippen LogP) is 2.63. The Morgan fingerprint density at radius 1 is 1.33 bits per heavy atom. The highest BCUT2D eigenvalue weighted by molar-refractivity contribution is 5.83. The molecule has 1 fully saturated rings. The summed E-state index contributed by atoms with van der Waals surface area (Å²) in [5.74, 6) is 0.562. The van der Waals surface area contributed by atoms with Crippen LogP contribution in [-0.2, 0) is 11.2 Å². The van der Waals surface area contributed by atoms with E-state index in [4.69, 9.17) is 0 Å². The molecule has 1 amide bonds. The molecule has 1 aromatic heterocycles. The van der Waals surface area contributed by atoms with Gasteiger partial charge in [0.05, 0.1) is 0 Å². The molecule has 0 spiro atoms. The van der Waals surface area contributed by atoms with Gasteiger partial charge in [0.25, 0.3) is 0 Å². The summed E-state index contributed by atoms with van der Waals surface area (Å²) in [5, 5.41) is 4.30. The van der Waals surface area contributed by atoms with E-state index < -0.39 is 0 Å². The van der Waals surface area contributed by atoms with Crippen LogP contribution in [0.3, 0.4) is 0 Å². The van der Waals surface area contributed by atoms with Crippen molar-refractivity contribution in [3.05, 3.63) is 36.0 Å². The number of amides is 1. The molecule has 1 saturated carbocycles. The van der Waals surface area contributed by atoms with Crippen molar-refractivity contribution in [2.75, 3.05) is 6.54 Å². The van der Waals surface area contributed by atoms with Crippen molar-refractivity contribution < 1.29 is 4.79 Å². The van der Waals surface area contributed by atoms with E-state index in [2.05, 4.69) is 34.7 Å². The second-order valence-electron chi connectivity index (χ2n) is 5.03. The van der Waals surface area contributed by atoms with E-state index in [1.165, 1.54) is 16.5 Å². The number of H-pyrrole nitrogens is 1. The molecule has 3 heteroatoms. The van der Waals surface area contributed by atoms with E-state index in [0.717, 1.165) is 32.2 Å². The fraction of sp³-hybridized carbons (Fsp3) is 0.400. The minimum Gasteiger partial charge on any atom is -0.361 e. The Bertz CT molecular complexity index is 554. The number of fused-ring (bicyclic) bond motifs is 1. The van der Waals surface area contributed by atoms with Crippen molar-refractivity contribution >= 4 is 16.8 Å². The summed E-state index contributed by atoms with van der Waals surface area (Å²) in [4.78, 5) is 14.7. The van der Waals surface area contributed by atoms with E-state index in [0.29, 0.717) is 5.92 Å². The molecule has 18 heavy (non-hydrogen) atoms. The standard InChI is InChI=1S/C15H18N2O/c18-15(11-7-8-11)16-9-3-4-12-10-17-14-6-2-1-5-13(12)14/h1-2,5-6,10-11,17H,3-4,7-9H2,(H,16,18). The summed E-state index contributed by atoms with van der Waals surface area (Å²) >= 11 is 0. The number of nitrogens with one attached hydrogen (secondary N) is 2. The van der Waals surface area contributed by atoms with Crippen molar-refractivity contribution in [1.82, 2.24) is 10.3 Å². The maximum atomic E-state index is 11.5. The van der Waals surface area contributed by atoms with Gasteiger partial charge in [0.2, 0.25) is 5.91 Å². The summed E-state index contributed by atoms with van der Waals surface area (Å²) < 4.78 is 0. The van der Waals surface area contributed by atoms with Gasteiger partial charge in [-0.3, -0.25) is 4.79 Å². The van der Waals surface area contributed by atoms with Gasteiger partial charge in [0.15, 0.2) is 0 Å². The highest BCUT2D eigenvalue weighted by Gasteiger charge is 2.28. The summed E-state index contributed by atoms with van der Waals surface area (Å²) in [6.45, 7) is 0.787. The zero-order chi connectivity index (χ0) is 12.4. The number of hydrogen-bond acceptors (Lipinski definition) is 1. The number of hydrogen-bond donors (Lipinski definition) is 2. The van der Waals surface area contributed by atoms with Crippen LogP contribution in [-0.4, -0.2) is 17.4 Å². The van der Waals surface area contributed by atoms with Crippen molar-refractivity contribution in [3.63, 3.8) is 0 Å². The molecule has 1 heterocycles. The quantitative estimate of drug-likeness (QED) is 0.778. The number of carbonyl (C=O) groups is 1. The van der Waals surface area contributed by atoms with Gasteiger partial charge in [-0.05, 0) is 37.3 Å². The van der Waals surface area contributed by atoms with Gasteiger partial charge < -0.3 is 10.3 Å². The molecule has 1 aliphatic carbocycles. The van der Waals surface area contributed by atoms with E-state index in [-0.39, 0.29) is 5.91 Å². The minimum atomic E-state index is 0.244. The smallest absolute Gasteiger partial charge is 0.223 e. The van der Waals surface area contributed by atoms with Crippen LogP contribution in [0.1, 0.15) is 24.8 Å². The molecular formula is C15H18N2O. The second-order valence-corrected chi connectivity index (χ2v) is 5.03. The van der Waals surface area contributed by atoms with Crippen LogP contribution >= 0.6 is 0 Å². The van der Waals surface area contributed by atoms with Gasteiger partial charge in [-0.1, -0.05) is 18.2 Å². The molecule has 0 unspecified atom stereocenters. The lowest BCUT2D eigenvalue weighted by Gasteiger charge is -2.03. The summed E-state index contributed by atoms with van der Waals surface area (Å²) in [7, 11) is 0. The number of aromatic amines is 1. The van der Waals surface area contributed by atoms with Gasteiger partial charge in [-0.2, -0.15) is 0 Å². The van der Waals surface area contributed by atoms with Crippen LogP contribution in [0, 0.1) is 5.92 Å². The largest absolute Gasteiger partial charge is 0.361 e. The minimum absolute atomic E-state index is 0.244. The van der Waals surface area contributed by atoms with E-state index >= 15 is 0 Å². The second kappa shape index (κ2) is 4.84. The number of aromatic nitrogens is 1. The monoisotopic (exact) mass is 242 g/mol. The highest BCUT2D eigenvalue weighted by atomic mass is 16.2. The third kappa shape index (κ3) is 2.40. The molecular weight excluding hydrogens is 224 g/mol. The summed E-state index contributed by atoms with van der Waals surface area (Å²) in [6.07, 6.45) is 6.24. The Hall–Kier alpha value is -1.77. The lowest BCUT2D eigenvalue weighted by molar-refractivity contribution is -0.122. The topological polar surface area (TPSA) is 44.9 Å². The molecule has 94 valence electrons. The van der Waals surface area contributed by atoms with Crippen LogP contribution < -0.4 is 5.32 Å². The lowest BCUT2D eigenvalue weighted by atomic mass is 10.1. The maximum Gasteiger partial charge on any atom is 0.223 e. The highest BCUT2D eigenvalue weighted by Crippen LogP contribution is 2.28. The fourth-order valence-corrected chi connectivity index (χ4v) is 2.32. The van der Waals surface area contributed by atoms with Crippen molar-refractivity contribution in [1.29, 1.82) is 0 Å². The van der Waals surface area contributed by atoms with Crippen molar-refractivity contribution in [3.8, 4) is 0 Å². The molecule has 0 aliphatic heterocycles. The first-order valence-electron chi connectivity index (χ1n) is 6.67. The molecule has 0 bridgehead atoms. The Labute approximate surface area is 107 Å². The molecule has 1 aromatic carbocycles. The zero-order valence-corrected chi connectivity index (χ0v) is 10.4. The Kier molecular flexibility index (Phi) is 3.05. The van der Waals surface area contributed by atoms with Crippen LogP contribution in [0.5, 0.6) is 0 Å². The number of rotatable bonds is 5. The number of para-hydroxylation sites is 1. The number of carbonyl (C=O) groups excluding carboxylic acids is 1. The zero-order valence-electron chi connectivity index (χ0n) is 10.4. The first-order chi connectivity index (χ1) is 8.84. The van der Waals surface area contributed by atoms with Gasteiger partial charge in [0.1, 0.15) is 0 Å². The predicted molar refractivity (Wildman–Crippen MR) is 72.4 cm³/mol. The third-order valence-electron chi connectivity index (χ3n) is 3.55. The van der Waals surface area contributed by atoms with E-state index in [1.54, 1.807) is 0 Å². The fourth-order valence-electron chi connectivity index (χ4n) is 2.32. The van der Waals surface area contributed by atoms with E-state index in [1.807, 2.05) is 6.07 Å². The normalized spacial score (nSPS) is 14.9. The number of benzene rings is 1. The van der Waals surface area contributed by atoms with Gasteiger partial charge in [-0.15, -0.1) is 0 Å². The molecule has 1 aliphatic rings. The molecule has 3 nitrogen and oxygen atoms in total. The summed E-state index contributed by atoms with van der Waals surface area (Å²) in [5.41, 5.74) is 2.53. The molecule has 2 aromatic rings. The van der Waals surface area contributed by atoms with Gasteiger partial charge in [0, 0.05) is 29.6 Å². The van der Waals surface area contributed by atoms with Crippen LogP contribution in [0.25, 0.3) is 10.9 Å². The third-order valence-corrected chi connectivity index (χ3v) is 3.55. The average Bonchev–Trinajstić information content (AvgIpc) is 3.17.